The molecule has 4 rings (SSSR count). The number of hydrogen-bond donors (Lipinski definition) is 0. The predicted molar refractivity (Wildman–Crippen MR) is 130 cm³/mol. The molecule has 1 aliphatic rings. The number of hydrogen-bond acceptors (Lipinski definition) is 4. The molecule has 186 valence electrons. The number of morpholine rings is 1. The van der Waals surface area contributed by atoms with E-state index in [0.29, 0.717) is 49.8 Å². The third-order valence-corrected chi connectivity index (χ3v) is 6.05. The van der Waals surface area contributed by atoms with Crippen molar-refractivity contribution in [2.45, 2.75) is 52.5 Å². The molecule has 0 saturated carbocycles. The van der Waals surface area contributed by atoms with Gasteiger partial charge in [0, 0.05) is 37.1 Å². The molecule has 8 heteroatoms. The molecule has 2 unspecified atom stereocenters. The molecule has 0 radical (unpaired) electrons. The first-order valence-electron chi connectivity index (χ1n) is 12.1. The van der Waals surface area contributed by atoms with Crippen molar-refractivity contribution in [3.63, 3.8) is 0 Å². The fraction of sp³-hybridized carbons (Fsp3) is 0.407. The van der Waals surface area contributed by atoms with Gasteiger partial charge in [0.1, 0.15) is 11.6 Å². The van der Waals surface area contributed by atoms with Gasteiger partial charge in [-0.05, 0) is 68.8 Å². The van der Waals surface area contributed by atoms with E-state index in [1.165, 1.54) is 24.3 Å². The van der Waals surface area contributed by atoms with Crippen LogP contribution in [0.15, 0.2) is 59.1 Å². The molecule has 1 aromatic carbocycles. The minimum Gasteiger partial charge on any atom is -0.454 e. The maximum absolute atomic E-state index is 13.3. The number of benzene rings is 1. The first-order chi connectivity index (χ1) is 16.8. The fourth-order valence-corrected chi connectivity index (χ4v) is 4.49. The van der Waals surface area contributed by atoms with Gasteiger partial charge in [0.05, 0.1) is 25.3 Å². The molecule has 0 bridgehead atoms. The molecule has 0 spiro atoms. The maximum Gasteiger partial charge on any atom is 0.289 e. The van der Waals surface area contributed by atoms with Crippen LogP contribution in [-0.4, -0.2) is 58.0 Å². The first-order valence-corrected chi connectivity index (χ1v) is 12.1. The van der Waals surface area contributed by atoms with Crippen LogP contribution in [0.4, 0.5) is 4.39 Å². The van der Waals surface area contributed by atoms with Crippen molar-refractivity contribution >= 4 is 11.8 Å². The molecule has 2 amide bonds. The number of aromatic nitrogens is 1. The van der Waals surface area contributed by atoms with Crippen molar-refractivity contribution in [3.05, 3.63) is 83.3 Å². The second-order valence-electron chi connectivity index (χ2n) is 9.09. The summed E-state index contributed by atoms with van der Waals surface area (Å²) in [6, 6.07) is 13.0. The van der Waals surface area contributed by atoms with E-state index in [-0.39, 0.29) is 29.8 Å². The van der Waals surface area contributed by atoms with Crippen LogP contribution < -0.4 is 0 Å². The lowest BCUT2D eigenvalue weighted by molar-refractivity contribution is -0.0592. The van der Waals surface area contributed by atoms with Gasteiger partial charge in [-0.25, -0.2) is 4.39 Å². The number of furan rings is 1. The Bertz CT molecular complexity index is 1140. The summed E-state index contributed by atoms with van der Waals surface area (Å²) < 4.78 is 26.9. The highest BCUT2D eigenvalue weighted by molar-refractivity contribution is 5.94. The van der Waals surface area contributed by atoms with Crippen molar-refractivity contribution in [2.24, 2.45) is 0 Å². The SMILES string of the molecule is CCCN(Cc1cccn1Cc1ccc(C(=O)N2CC(C)OC(C)C2)o1)C(=O)c1ccc(F)cc1. The smallest absolute Gasteiger partial charge is 0.289 e. The summed E-state index contributed by atoms with van der Waals surface area (Å²) in [7, 11) is 0. The minimum absolute atomic E-state index is 0.0109. The van der Waals surface area contributed by atoms with E-state index in [9.17, 15) is 14.0 Å². The molecule has 1 fully saturated rings. The fourth-order valence-electron chi connectivity index (χ4n) is 4.49. The Morgan fingerprint density at radius 2 is 1.77 bits per heavy atom. The van der Waals surface area contributed by atoms with Gasteiger partial charge < -0.3 is 23.5 Å². The van der Waals surface area contributed by atoms with E-state index in [4.69, 9.17) is 9.15 Å². The molecule has 35 heavy (non-hydrogen) atoms. The molecule has 1 aliphatic heterocycles. The van der Waals surface area contributed by atoms with Crippen LogP contribution in [0.5, 0.6) is 0 Å². The number of ether oxygens (including phenoxy) is 1. The highest BCUT2D eigenvalue weighted by atomic mass is 19.1. The van der Waals surface area contributed by atoms with Crippen molar-refractivity contribution in [1.82, 2.24) is 14.4 Å². The van der Waals surface area contributed by atoms with Crippen LogP contribution in [-0.2, 0) is 17.8 Å². The second kappa shape index (κ2) is 10.9. The van der Waals surface area contributed by atoms with E-state index in [0.717, 1.165) is 12.1 Å². The van der Waals surface area contributed by atoms with Crippen molar-refractivity contribution in [3.8, 4) is 0 Å². The number of rotatable bonds is 8. The minimum atomic E-state index is -0.369. The Kier molecular flexibility index (Phi) is 7.70. The molecule has 3 aromatic rings. The Morgan fingerprint density at radius 1 is 1.06 bits per heavy atom. The summed E-state index contributed by atoms with van der Waals surface area (Å²) in [6.07, 6.45) is 2.71. The zero-order valence-corrected chi connectivity index (χ0v) is 20.4. The second-order valence-corrected chi connectivity index (χ2v) is 9.09. The van der Waals surface area contributed by atoms with Crippen molar-refractivity contribution in [2.75, 3.05) is 19.6 Å². The lowest BCUT2D eigenvalue weighted by Crippen LogP contribution is -2.48. The van der Waals surface area contributed by atoms with E-state index in [2.05, 4.69) is 0 Å². The normalized spacial score (nSPS) is 18.0. The highest BCUT2D eigenvalue weighted by Crippen LogP contribution is 2.19. The summed E-state index contributed by atoms with van der Waals surface area (Å²) in [5.41, 5.74) is 1.40. The maximum atomic E-state index is 13.3. The summed E-state index contributed by atoms with van der Waals surface area (Å²) in [6.45, 7) is 8.44. The molecule has 0 aliphatic carbocycles. The summed E-state index contributed by atoms with van der Waals surface area (Å²) in [5, 5.41) is 0. The molecule has 7 nitrogen and oxygen atoms in total. The van der Waals surface area contributed by atoms with E-state index in [1.54, 1.807) is 15.9 Å². The van der Waals surface area contributed by atoms with Gasteiger partial charge in [-0.15, -0.1) is 0 Å². The van der Waals surface area contributed by atoms with Gasteiger partial charge in [-0.1, -0.05) is 6.92 Å². The zero-order chi connectivity index (χ0) is 24.9. The molecular formula is C27H32FN3O4. The van der Waals surface area contributed by atoms with Crippen molar-refractivity contribution < 1.29 is 23.1 Å². The molecule has 2 atom stereocenters. The van der Waals surface area contributed by atoms with Gasteiger partial charge in [-0.2, -0.15) is 0 Å². The summed E-state index contributed by atoms with van der Waals surface area (Å²) in [4.78, 5) is 29.5. The number of amides is 2. The predicted octanol–water partition coefficient (Wildman–Crippen LogP) is 4.57. The number of nitrogens with zero attached hydrogens (tertiary/aromatic N) is 3. The highest BCUT2D eigenvalue weighted by Gasteiger charge is 2.28. The monoisotopic (exact) mass is 481 g/mol. The van der Waals surface area contributed by atoms with Crippen LogP contribution in [0.25, 0.3) is 0 Å². The Morgan fingerprint density at radius 3 is 2.46 bits per heavy atom. The number of carbonyl (C=O) groups is 2. The lowest BCUT2D eigenvalue weighted by atomic mass is 10.2. The van der Waals surface area contributed by atoms with Crippen LogP contribution in [0.1, 0.15) is 59.6 Å². The quantitative estimate of drug-likeness (QED) is 0.473. The number of carbonyl (C=O) groups excluding carboxylic acids is 2. The lowest BCUT2D eigenvalue weighted by Gasteiger charge is -2.34. The van der Waals surface area contributed by atoms with E-state index >= 15 is 0 Å². The standard InChI is InChI=1S/C27H32FN3O4/c1-4-13-30(26(32)21-7-9-22(28)10-8-21)17-23-6-5-14-29(23)18-24-11-12-25(35-24)27(33)31-15-19(2)34-20(3)16-31/h5-12,14,19-20H,4,13,15-18H2,1-3H3. The third-order valence-electron chi connectivity index (χ3n) is 6.05. The number of halogens is 1. The third kappa shape index (κ3) is 6.00. The summed E-state index contributed by atoms with van der Waals surface area (Å²) in [5.74, 6) is 0.331. The van der Waals surface area contributed by atoms with Gasteiger partial charge in [0.15, 0.2) is 5.76 Å². The van der Waals surface area contributed by atoms with Gasteiger partial charge in [-0.3, -0.25) is 9.59 Å². The first kappa shape index (κ1) is 24.7. The largest absolute Gasteiger partial charge is 0.454 e. The van der Waals surface area contributed by atoms with E-state index in [1.807, 2.05) is 49.7 Å². The van der Waals surface area contributed by atoms with Crippen molar-refractivity contribution in [1.29, 1.82) is 0 Å². The van der Waals surface area contributed by atoms with Crippen LogP contribution in [0.3, 0.4) is 0 Å². The average Bonchev–Trinajstić information content (AvgIpc) is 3.47. The summed E-state index contributed by atoms with van der Waals surface area (Å²) >= 11 is 0. The molecular weight excluding hydrogens is 449 g/mol. The van der Waals surface area contributed by atoms with Gasteiger partial charge in [0.25, 0.3) is 11.8 Å². The molecule has 1 saturated heterocycles. The molecule has 3 heterocycles. The van der Waals surface area contributed by atoms with Crippen LogP contribution >= 0.6 is 0 Å². The topological polar surface area (TPSA) is 67.9 Å². The Labute approximate surface area is 205 Å². The molecule has 2 aromatic heterocycles. The van der Waals surface area contributed by atoms with Crippen LogP contribution in [0.2, 0.25) is 0 Å². The average molecular weight is 482 g/mol. The van der Waals surface area contributed by atoms with E-state index < -0.39 is 0 Å². The Hall–Kier alpha value is -3.39. The Balaban J connectivity index is 1.44. The van der Waals surface area contributed by atoms with Gasteiger partial charge >= 0.3 is 0 Å². The van der Waals surface area contributed by atoms with Gasteiger partial charge in [0.2, 0.25) is 0 Å². The zero-order valence-electron chi connectivity index (χ0n) is 20.4. The van der Waals surface area contributed by atoms with Crippen LogP contribution in [0, 0.1) is 5.82 Å². The molecule has 0 N–H and O–H groups in total.